The van der Waals surface area contributed by atoms with E-state index in [-0.39, 0.29) is 11.3 Å². The van der Waals surface area contributed by atoms with Crippen LogP contribution in [0.5, 0.6) is 5.75 Å². The molecule has 192 valence electrons. The van der Waals surface area contributed by atoms with Gasteiger partial charge in [0.25, 0.3) is 0 Å². The molecule has 0 N–H and O–H groups in total. The first-order valence-electron chi connectivity index (χ1n) is 13.6. The van der Waals surface area contributed by atoms with Crippen molar-refractivity contribution in [1.29, 1.82) is 0 Å². The molecular formula is C32H37F3O. The third-order valence-electron chi connectivity index (χ3n) is 7.19. The maximum Gasteiger partial charge on any atom is 0.427 e. The second-order valence-electron chi connectivity index (χ2n) is 9.97. The Labute approximate surface area is 213 Å². The zero-order valence-corrected chi connectivity index (χ0v) is 21.5. The van der Waals surface area contributed by atoms with Crippen LogP contribution in [-0.4, -0.2) is 0 Å². The van der Waals surface area contributed by atoms with E-state index in [9.17, 15) is 0 Å². The van der Waals surface area contributed by atoms with Crippen LogP contribution >= 0.6 is 0 Å². The summed E-state index contributed by atoms with van der Waals surface area (Å²) in [5.41, 5.74) is 3.76. The van der Waals surface area contributed by atoms with Crippen LogP contribution in [0.25, 0.3) is 22.3 Å². The molecule has 4 rings (SSSR count). The molecule has 1 aliphatic rings. The first-order valence-corrected chi connectivity index (χ1v) is 13.6. The molecular weight excluding hydrogens is 457 g/mol. The molecule has 1 heterocycles. The van der Waals surface area contributed by atoms with E-state index in [1.54, 1.807) is 18.2 Å². The van der Waals surface area contributed by atoms with Gasteiger partial charge in [-0.05, 0) is 59.6 Å². The molecule has 0 saturated carbocycles. The first kappa shape index (κ1) is 26.3. The minimum absolute atomic E-state index is 0.220. The van der Waals surface area contributed by atoms with Gasteiger partial charge in [-0.15, -0.1) is 0 Å². The quantitative estimate of drug-likeness (QED) is 0.228. The summed E-state index contributed by atoms with van der Waals surface area (Å²) >= 11 is 0. The lowest BCUT2D eigenvalue weighted by atomic mass is 9.90. The van der Waals surface area contributed by atoms with E-state index in [1.165, 1.54) is 37.3 Å². The largest absolute Gasteiger partial charge is 0.427 e. The summed E-state index contributed by atoms with van der Waals surface area (Å²) in [5.74, 6) is -1.000. The Bertz CT molecular complexity index is 1150. The fraction of sp³-hybridized carbons (Fsp3) is 0.438. The van der Waals surface area contributed by atoms with Crippen LogP contribution < -0.4 is 4.74 Å². The predicted molar refractivity (Wildman–Crippen MR) is 142 cm³/mol. The van der Waals surface area contributed by atoms with Gasteiger partial charge < -0.3 is 4.74 Å². The van der Waals surface area contributed by atoms with Crippen LogP contribution in [0.15, 0.2) is 54.6 Å². The third-order valence-corrected chi connectivity index (χ3v) is 7.19. The van der Waals surface area contributed by atoms with E-state index in [4.69, 9.17) is 4.74 Å². The molecule has 0 aromatic heterocycles. The minimum Gasteiger partial charge on any atom is -0.425 e. The maximum atomic E-state index is 15.2. The summed E-state index contributed by atoms with van der Waals surface area (Å²) in [7, 11) is 0. The highest BCUT2D eigenvalue weighted by Gasteiger charge is 2.43. The van der Waals surface area contributed by atoms with Crippen molar-refractivity contribution in [3.63, 3.8) is 0 Å². The smallest absolute Gasteiger partial charge is 0.425 e. The number of rotatable bonds is 12. The van der Waals surface area contributed by atoms with Gasteiger partial charge in [-0.1, -0.05) is 107 Å². The topological polar surface area (TPSA) is 9.23 Å². The van der Waals surface area contributed by atoms with E-state index in [0.717, 1.165) is 44.1 Å². The van der Waals surface area contributed by atoms with Crippen LogP contribution in [0.1, 0.15) is 88.3 Å². The number of hydrogen-bond donors (Lipinski definition) is 0. The fourth-order valence-corrected chi connectivity index (χ4v) is 5.02. The zero-order chi connectivity index (χ0) is 25.5. The van der Waals surface area contributed by atoms with Crippen LogP contribution in [0, 0.1) is 5.82 Å². The molecule has 0 radical (unpaired) electrons. The van der Waals surface area contributed by atoms with E-state index in [2.05, 4.69) is 26.0 Å². The molecule has 3 aromatic carbocycles. The highest BCUT2D eigenvalue weighted by atomic mass is 19.3. The van der Waals surface area contributed by atoms with Gasteiger partial charge in [0, 0.05) is 5.56 Å². The fourth-order valence-electron chi connectivity index (χ4n) is 5.02. The van der Waals surface area contributed by atoms with Crippen molar-refractivity contribution in [3.05, 3.63) is 77.1 Å². The summed E-state index contributed by atoms with van der Waals surface area (Å²) in [4.78, 5) is 0. The molecule has 36 heavy (non-hydrogen) atoms. The highest BCUT2D eigenvalue weighted by molar-refractivity contribution is 5.80. The molecule has 0 amide bonds. The van der Waals surface area contributed by atoms with Crippen molar-refractivity contribution < 1.29 is 17.9 Å². The lowest BCUT2D eigenvalue weighted by Gasteiger charge is -2.29. The first-order chi connectivity index (χ1) is 17.4. The van der Waals surface area contributed by atoms with Gasteiger partial charge in [-0.25, -0.2) is 4.39 Å². The van der Waals surface area contributed by atoms with Crippen LogP contribution in [0.4, 0.5) is 13.2 Å². The van der Waals surface area contributed by atoms with Gasteiger partial charge in [-0.3, -0.25) is 0 Å². The lowest BCUT2D eigenvalue weighted by molar-refractivity contribution is -0.188. The number of fused-ring (bicyclic) bond motifs is 3. The monoisotopic (exact) mass is 494 g/mol. The van der Waals surface area contributed by atoms with E-state index in [1.807, 2.05) is 18.2 Å². The van der Waals surface area contributed by atoms with Gasteiger partial charge in [-0.2, -0.15) is 8.78 Å². The van der Waals surface area contributed by atoms with Crippen molar-refractivity contribution in [3.8, 4) is 28.0 Å². The molecule has 1 nitrogen and oxygen atoms in total. The number of halogens is 3. The number of unbranched alkanes of at least 4 members (excludes halogenated alkanes) is 7. The van der Waals surface area contributed by atoms with Crippen molar-refractivity contribution in [1.82, 2.24) is 0 Å². The Balaban J connectivity index is 1.54. The predicted octanol–water partition coefficient (Wildman–Crippen LogP) is 10.2. The number of alkyl halides is 2. The second-order valence-corrected chi connectivity index (χ2v) is 9.97. The standard InChI is InChI=1S/C32H37F3O/c1-3-5-7-9-10-12-23-14-16-24(17-15-23)26-19-20-27-28-21-18-25(13-11-8-6-4-2)30(33)31(28)36-32(34,35)29(27)22-26/h14-22H,3-13H2,1-2H3. The van der Waals surface area contributed by atoms with Crippen molar-refractivity contribution in [2.45, 2.75) is 90.6 Å². The normalized spacial score (nSPS) is 13.7. The molecule has 0 saturated heterocycles. The van der Waals surface area contributed by atoms with Gasteiger partial charge in [0.05, 0.1) is 5.56 Å². The average Bonchev–Trinajstić information content (AvgIpc) is 2.88. The van der Waals surface area contributed by atoms with Gasteiger partial charge in [0.2, 0.25) is 0 Å². The summed E-state index contributed by atoms with van der Waals surface area (Å²) < 4.78 is 50.5. The van der Waals surface area contributed by atoms with Crippen molar-refractivity contribution in [2.75, 3.05) is 0 Å². The summed E-state index contributed by atoms with van der Waals surface area (Å²) in [6.07, 6.45) is 8.14. The zero-order valence-electron chi connectivity index (χ0n) is 21.5. The average molecular weight is 495 g/mol. The molecule has 1 aliphatic heterocycles. The molecule has 4 heteroatoms. The molecule has 0 fully saturated rings. The van der Waals surface area contributed by atoms with Crippen LogP contribution in [0.2, 0.25) is 0 Å². The Kier molecular flexibility index (Phi) is 8.77. The number of ether oxygens (including phenoxy) is 1. The van der Waals surface area contributed by atoms with Crippen LogP contribution in [0.3, 0.4) is 0 Å². The maximum absolute atomic E-state index is 15.2. The Morgan fingerprint density at radius 1 is 0.667 bits per heavy atom. The molecule has 0 spiro atoms. The van der Waals surface area contributed by atoms with Gasteiger partial charge in [0.1, 0.15) is 0 Å². The van der Waals surface area contributed by atoms with E-state index < -0.39 is 11.9 Å². The number of hydrogen-bond acceptors (Lipinski definition) is 1. The molecule has 0 atom stereocenters. The third kappa shape index (κ3) is 5.96. The summed E-state index contributed by atoms with van der Waals surface area (Å²) in [6.45, 7) is 4.33. The van der Waals surface area contributed by atoms with Gasteiger partial charge >= 0.3 is 6.11 Å². The van der Waals surface area contributed by atoms with Crippen LogP contribution in [-0.2, 0) is 19.0 Å². The number of aryl methyl sites for hydroxylation is 2. The highest BCUT2D eigenvalue weighted by Crippen LogP contribution is 2.49. The summed E-state index contributed by atoms with van der Waals surface area (Å²) in [6, 6.07) is 16.6. The lowest BCUT2D eigenvalue weighted by Crippen LogP contribution is -2.27. The molecule has 0 bridgehead atoms. The summed E-state index contributed by atoms with van der Waals surface area (Å²) in [5, 5.41) is 0. The van der Waals surface area contributed by atoms with E-state index >= 15 is 13.2 Å². The van der Waals surface area contributed by atoms with Crippen molar-refractivity contribution in [2.24, 2.45) is 0 Å². The Morgan fingerprint density at radius 3 is 2.00 bits per heavy atom. The Morgan fingerprint density at radius 2 is 1.28 bits per heavy atom. The molecule has 0 unspecified atom stereocenters. The Hall–Kier alpha value is -2.75. The SMILES string of the molecule is CCCCCCCc1ccc(-c2ccc3c(c2)C(F)(F)Oc2c-3ccc(CCCCCC)c2F)cc1. The molecule has 3 aromatic rings. The number of benzene rings is 3. The molecule has 0 aliphatic carbocycles. The van der Waals surface area contributed by atoms with Crippen molar-refractivity contribution >= 4 is 0 Å². The second kappa shape index (κ2) is 12.0. The minimum atomic E-state index is -3.60. The van der Waals surface area contributed by atoms with E-state index in [0.29, 0.717) is 28.7 Å². The van der Waals surface area contributed by atoms with Gasteiger partial charge in [0.15, 0.2) is 11.6 Å².